The third-order valence-electron chi connectivity index (χ3n) is 17.8. The zero-order valence-electron chi connectivity index (χ0n) is 46.7. The number of phenols is 1. The summed E-state index contributed by atoms with van der Waals surface area (Å²) in [6, 6.07) is 14.9. The van der Waals surface area contributed by atoms with Crippen molar-refractivity contribution in [3.05, 3.63) is 101 Å². The number of hydrogen-bond acceptors (Lipinski definition) is 16. The monoisotopic (exact) mass is 1130 g/mol. The number of thiazole rings is 1. The second-order valence-electron chi connectivity index (χ2n) is 23.4. The van der Waals surface area contributed by atoms with Gasteiger partial charge in [-0.3, -0.25) is 19.5 Å². The van der Waals surface area contributed by atoms with E-state index in [0.717, 1.165) is 92.9 Å². The van der Waals surface area contributed by atoms with Crippen LogP contribution < -0.4 is 25.2 Å². The Morgan fingerprint density at radius 2 is 1.74 bits per heavy atom. The lowest BCUT2D eigenvalue weighted by Crippen LogP contribution is -2.48. The van der Waals surface area contributed by atoms with Gasteiger partial charge in [0.15, 0.2) is 17.4 Å². The summed E-state index contributed by atoms with van der Waals surface area (Å²) in [5.41, 5.74) is 4.81. The Kier molecular flexibility index (Phi) is 15.6. The van der Waals surface area contributed by atoms with Crippen LogP contribution in [0.4, 0.5) is 20.4 Å². The fourth-order valence-electron chi connectivity index (χ4n) is 13.3. The van der Waals surface area contributed by atoms with Crippen molar-refractivity contribution >= 4 is 56.5 Å². The van der Waals surface area contributed by atoms with Crippen molar-refractivity contribution in [3.63, 3.8) is 0 Å². The minimum atomic E-state index is -0.824. The predicted octanol–water partition coefficient (Wildman–Crippen LogP) is 8.76. The lowest BCUT2D eigenvalue weighted by molar-refractivity contribution is -0.141. The third kappa shape index (κ3) is 11.0. The van der Waals surface area contributed by atoms with Crippen LogP contribution in [-0.4, -0.2) is 140 Å². The third-order valence-corrected chi connectivity index (χ3v) is 18.7. The number of anilines is 2. The van der Waals surface area contributed by atoms with Crippen molar-refractivity contribution < 1.29 is 37.8 Å². The van der Waals surface area contributed by atoms with Gasteiger partial charge >= 0.3 is 6.01 Å². The lowest BCUT2D eigenvalue weighted by Gasteiger charge is -2.36. The molecule has 4 N–H and O–H groups in total. The molecule has 2 bridgehead atoms. The molecule has 82 heavy (non-hydrogen) atoms. The molecule has 7 aromatic rings. The zero-order valence-corrected chi connectivity index (χ0v) is 47.5. The molecule has 12 rings (SSSR count). The number of amides is 2. The van der Waals surface area contributed by atoms with Crippen LogP contribution in [0.2, 0.25) is 0 Å². The molecule has 0 radical (unpaired) electrons. The number of benzene rings is 3. The van der Waals surface area contributed by atoms with Gasteiger partial charge in [0, 0.05) is 81.0 Å². The summed E-state index contributed by atoms with van der Waals surface area (Å²) in [7, 11) is 0. The number of halogens is 2. The Balaban J connectivity index is 0.635. The molecule has 5 aliphatic heterocycles. The first-order valence-corrected chi connectivity index (χ1v) is 29.7. The average molecular weight is 1130 g/mol. The fourth-order valence-corrected chi connectivity index (χ4v) is 14.1. The van der Waals surface area contributed by atoms with Crippen molar-refractivity contribution in [2.45, 2.75) is 109 Å². The van der Waals surface area contributed by atoms with E-state index in [-0.39, 0.29) is 82.3 Å². The molecular weight excluding hydrogens is 1060 g/mol. The SMILES string of the molecule is C#Cc1c(F)ccc2cc(O)cc(-c3ncc4c(N5C[C@@H]6C[C@H]5CN6)nc(OCCN5CCC(CC6CCN(c7cc([C@@H](C(=O)N8C[C@H](O)C[C@H]8C(=O)N[C@@H](C)c8ccc(-c9scnc9C)cc8)C(C)C)on7)CC6)CC5)nc4c3F)c12. The lowest BCUT2D eigenvalue weighted by atomic mass is 9.83. The average Bonchev–Trinajstić information content (AvgIpc) is 3.88. The number of phenolic OH excluding ortho intramolecular Hbond substituents is 1. The zero-order chi connectivity index (χ0) is 56.9. The van der Waals surface area contributed by atoms with E-state index in [2.05, 4.69) is 51.4 Å². The number of fused-ring (bicyclic) bond motifs is 4. The van der Waals surface area contributed by atoms with E-state index >= 15 is 8.78 Å². The number of aromatic hydroxyl groups is 1. The Morgan fingerprint density at radius 3 is 2.44 bits per heavy atom. The molecule has 4 aromatic heterocycles. The molecule has 3 aromatic carbocycles. The van der Waals surface area contributed by atoms with Gasteiger partial charge in [0.2, 0.25) is 11.8 Å². The standard InChI is InChI=1S/C62H69F2N11O6S/c1-6-46-49(63)12-11-41-24-44(76)26-47(54(41)46)56-55(64)57-48(30-66-56)59(74-31-42-25-43(74)29-65-42)70-62(69-57)80-22-21-72-17-13-37(14-18-72)23-38-15-19-73(20-16-38)52-28-51(81-71-52)53(34(2)3)61(79)75-32-45(77)27-50(75)60(78)68-35(4)39-7-9-40(10-8-39)58-36(5)67-33-82-58/h1,7-12,24,26,28,30,33-35,37-38,42-43,45,50,53,65,76-77H,13-23,25,27,29,31-32H2,2-5H3,(H,68,78)/t35-,42-,43-,45+,50-,53-/m0/s1. The van der Waals surface area contributed by atoms with Gasteiger partial charge in [0.05, 0.1) is 39.2 Å². The van der Waals surface area contributed by atoms with E-state index in [1.165, 1.54) is 29.2 Å². The largest absolute Gasteiger partial charge is 0.508 e. The number of likely N-dealkylation sites (tertiary alicyclic amines) is 2. The molecule has 6 atom stereocenters. The molecule has 0 unspecified atom stereocenters. The molecule has 5 aliphatic rings. The van der Waals surface area contributed by atoms with E-state index in [1.54, 1.807) is 17.5 Å². The molecule has 9 heterocycles. The molecule has 0 saturated carbocycles. The summed E-state index contributed by atoms with van der Waals surface area (Å²) < 4.78 is 44.3. The van der Waals surface area contributed by atoms with Crippen molar-refractivity contribution in [1.82, 2.24) is 45.5 Å². The van der Waals surface area contributed by atoms with Gasteiger partial charge in [-0.05, 0) is 118 Å². The van der Waals surface area contributed by atoms with E-state index < -0.39 is 29.7 Å². The highest BCUT2D eigenvalue weighted by Gasteiger charge is 2.44. The number of hydrogen-bond donors (Lipinski definition) is 4. The van der Waals surface area contributed by atoms with Crippen LogP contribution in [0, 0.1) is 48.7 Å². The number of carbonyl (C=O) groups excluding carboxylic acids is 2. The number of piperidine rings is 2. The highest BCUT2D eigenvalue weighted by Crippen LogP contribution is 2.41. The number of β-amino-alcohol motifs (C(OH)–C–C–N with tert-alkyl or cyclic N) is 1. The Morgan fingerprint density at radius 1 is 0.976 bits per heavy atom. The molecule has 20 heteroatoms. The quantitative estimate of drug-likeness (QED) is 0.0670. The second kappa shape index (κ2) is 23.1. The minimum absolute atomic E-state index is 0.0179. The second-order valence-corrected chi connectivity index (χ2v) is 24.3. The number of piperazine rings is 1. The molecule has 5 saturated heterocycles. The summed E-state index contributed by atoms with van der Waals surface area (Å²) in [5.74, 6) is 2.38. The number of aromatic nitrogens is 5. The van der Waals surface area contributed by atoms with Crippen molar-refractivity contribution in [2.24, 2.45) is 17.8 Å². The molecule has 0 spiro atoms. The Hall–Kier alpha value is -7.31. The van der Waals surface area contributed by atoms with Crippen molar-refractivity contribution in [1.29, 1.82) is 0 Å². The number of nitrogens with zero attached hydrogens (tertiary/aromatic N) is 9. The molecule has 5 fully saturated rings. The minimum Gasteiger partial charge on any atom is -0.508 e. The van der Waals surface area contributed by atoms with E-state index in [1.807, 2.05) is 63.5 Å². The van der Waals surface area contributed by atoms with Gasteiger partial charge in [-0.2, -0.15) is 9.97 Å². The molecule has 428 valence electrons. The van der Waals surface area contributed by atoms with Gasteiger partial charge < -0.3 is 44.8 Å². The number of aryl methyl sites for hydroxylation is 1. The van der Waals surface area contributed by atoms with Crippen LogP contribution in [-0.2, 0) is 9.59 Å². The number of ether oxygens (including phenoxy) is 1. The van der Waals surface area contributed by atoms with E-state index in [4.69, 9.17) is 20.7 Å². The number of pyridine rings is 1. The van der Waals surface area contributed by atoms with Crippen LogP contribution in [0.5, 0.6) is 11.8 Å². The smallest absolute Gasteiger partial charge is 0.319 e. The highest BCUT2D eigenvalue weighted by molar-refractivity contribution is 7.13. The van der Waals surface area contributed by atoms with Crippen molar-refractivity contribution in [3.8, 4) is 45.8 Å². The molecular formula is C62H69F2N11O6S. The maximum Gasteiger partial charge on any atom is 0.319 e. The summed E-state index contributed by atoms with van der Waals surface area (Å²) in [5, 5.41) is 33.8. The van der Waals surface area contributed by atoms with Crippen LogP contribution >= 0.6 is 11.3 Å². The fraction of sp³-hybridized carbons (Fsp3) is 0.468. The number of terminal acetylenes is 1. The van der Waals surface area contributed by atoms with Gasteiger partial charge in [0.25, 0.3) is 0 Å². The normalized spacial score (nSPS) is 21.5. The first kappa shape index (κ1) is 55.2. The van der Waals surface area contributed by atoms with Crippen LogP contribution in [0.25, 0.3) is 43.4 Å². The van der Waals surface area contributed by atoms with E-state index in [9.17, 15) is 19.8 Å². The molecule has 0 aliphatic carbocycles. The van der Waals surface area contributed by atoms with Crippen molar-refractivity contribution in [2.75, 3.05) is 68.8 Å². The number of aliphatic hydroxyl groups excluding tert-OH is 1. The summed E-state index contributed by atoms with van der Waals surface area (Å²) in [4.78, 5) is 56.2. The van der Waals surface area contributed by atoms with Gasteiger partial charge in [-0.15, -0.1) is 17.8 Å². The summed E-state index contributed by atoms with van der Waals surface area (Å²) in [6.07, 6.45) is 12.9. The number of aliphatic hydroxyl groups is 1. The van der Waals surface area contributed by atoms with Crippen LogP contribution in [0.1, 0.15) is 100 Å². The molecule has 17 nitrogen and oxygen atoms in total. The maximum atomic E-state index is 17.0. The Bertz CT molecular complexity index is 3560. The molecule has 2 amide bonds. The first-order valence-electron chi connectivity index (χ1n) is 28.8. The van der Waals surface area contributed by atoms with Crippen LogP contribution in [0.15, 0.2) is 70.8 Å². The first-order chi connectivity index (χ1) is 39.7. The number of nitrogens with one attached hydrogen (secondary N) is 2. The highest BCUT2D eigenvalue weighted by atomic mass is 32.1. The number of carbonyl (C=O) groups is 2. The topological polar surface area (TPSA) is 198 Å². The maximum absolute atomic E-state index is 17.0. The predicted molar refractivity (Wildman–Crippen MR) is 311 cm³/mol. The van der Waals surface area contributed by atoms with E-state index in [0.29, 0.717) is 65.7 Å². The summed E-state index contributed by atoms with van der Waals surface area (Å²) in [6.45, 7) is 13.9. The van der Waals surface area contributed by atoms with Gasteiger partial charge in [0.1, 0.15) is 47.2 Å². The van der Waals surface area contributed by atoms with Gasteiger partial charge in [-0.25, -0.2) is 13.8 Å². The Labute approximate surface area is 479 Å². The number of rotatable bonds is 16. The van der Waals surface area contributed by atoms with Crippen LogP contribution in [0.3, 0.4) is 0 Å². The van der Waals surface area contributed by atoms with Gasteiger partial charge in [-0.1, -0.05) is 55.3 Å². The summed E-state index contributed by atoms with van der Waals surface area (Å²) >= 11 is 1.59.